The van der Waals surface area contributed by atoms with Crippen molar-refractivity contribution in [1.29, 1.82) is 0 Å². The lowest BCUT2D eigenvalue weighted by atomic mass is 10.1. The van der Waals surface area contributed by atoms with Crippen LogP contribution in [0.3, 0.4) is 0 Å². The Bertz CT molecular complexity index is 960. The second kappa shape index (κ2) is 10.5. The topological polar surface area (TPSA) is 58.0 Å². The number of hydrogen-bond donors (Lipinski definition) is 1. The number of benzene rings is 2. The summed E-state index contributed by atoms with van der Waals surface area (Å²) in [5, 5.41) is 19.9. The normalized spacial score (nSPS) is 12.4. The molecular weight excluding hydrogens is 406 g/mol. The van der Waals surface area contributed by atoms with Crippen LogP contribution in [-0.4, -0.2) is 30.0 Å². The smallest absolute Gasteiger partial charge is 0.206 e. The lowest BCUT2D eigenvalue weighted by Crippen LogP contribution is -2.11. The summed E-state index contributed by atoms with van der Waals surface area (Å²) in [4.78, 5) is 4.63. The van der Waals surface area contributed by atoms with Crippen molar-refractivity contribution in [1.82, 2.24) is 4.98 Å². The molecule has 3 rings (SSSR count). The number of aliphatic hydroxyl groups excluding tert-OH is 1. The van der Waals surface area contributed by atoms with E-state index in [1.54, 1.807) is 11.2 Å². The summed E-state index contributed by atoms with van der Waals surface area (Å²) in [6.45, 7) is 2.61. The summed E-state index contributed by atoms with van der Waals surface area (Å²) in [6.07, 6.45) is 2.66. The fraction of sp³-hybridized carbons (Fsp3) is 0.273. The van der Waals surface area contributed by atoms with Crippen molar-refractivity contribution in [2.75, 3.05) is 18.7 Å². The predicted octanol–water partition coefficient (Wildman–Crippen LogP) is 5.74. The molecule has 1 heterocycles. The van der Waals surface area contributed by atoms with Crippen molar-refractivity contribution < 1.29 is 9.84 Å². The Morgan fingerprint density at radius 2 is 2.00 bits per heavy atom. The molecule has 3 aromatic rings. The maximum atomic E-state index is 10.3. The third-order valence-corrected chi connectivity index (χ3v) is 5.56. The minimum Gasteiger partial charge on any atom is -0.364 e. The van der Waals surface area contributed by atoms with Gasteiger partial charge in [-0.2, -0.15) is 5.10 Å². The summed E-state index contributed by atoms with van der Waals surface area (Å²) in [5.41, 5.74) is 3.20. The SMILES string of the molecule is CCCCOC(O)c1ccccc1/C=N/N(C)c1nc(-c2ccccc2Cl)cs1. The van der Waals surface area contributed by atoms with Gasteiger partial charge in [0.2, 0.25) is 5.13 Å². The van der Waals surface area contributed by atoms with Crippen LogP contribution in [0.4, 0.5) is 5.13 Å². The number of rotatable bonds is 9. The highest BCUT2D eigenvalue weighted by atomic mass is 35.5. The summed E-state index contributed by atoms with van der Waals surface area (Å²) in [5.74, 6) is 0. The van der Waals surface area contributed by atoms with Gasteiger partial charge in [0.15, 0.2) is 6.29 Å². The Kier molecular flexibility index (Phi) is 7.77. The number of nitrogens with zero attached hydrogens (tertiary/aromatic N) is 3. The van der Waals surface area contributed by atoms with E-state index in [2.05, 4.69) is 17.0 Å². The third-order valence-electron chi connectivity index (χ3n) is 4.32. The molecule has 0 aliphatic heterocycles. The average molecular weight is 430 g/mol. The van der Waals surface area contributed by atoms with Crippen LogP contribution in [0.1, 0.15) is 37.2 Å². The lowest BCUT2D eigenvalue weighted by molar-refractivity contribution is -0.103. The van der Waals surface area contributed by atoms with E-state index in [-0.39, 0.29) is 0 Å². The molecule has 1 aromatic heterocycles. The van der Waals surface area contributed by atoms with Crippen molar-refractivity contribution in [3.63, 3.8) is 0 Å². The first-order valence-electron chi connectivity index (χ1n) is 9.47. The Hall–Kier alpha value is -2.25. The summed E-state index contributed by atoms with van der Waals surface area (Å²) in [6, 6.07) is 15.2. The summed E-state index contributed by atoms with van der Waals surface area (Å²) >= 11 is 7.76. The summed E-state index contributed by atoms with van der Waals surface area (Å²) < 4.78 is 5.52. The number of aliphatic hydroxyl groups is 1. The fourth-order valence-electron chi connectivity index (χ4n) is 2.69. The molecule has 0 aliphatic rings. The predicted molar refractivity (Wildman–Crippen MR) is 121 cm³/mol. The van der Waals surface area contributed by atoms with Crippen LogP contribution in [-0.2, 0) is 4.74 Å². The Morgan fingerprint density at radius 1 is 1.24 bits per heavy atom. The first-order valence-corrected chi connectivity index (χ1v) is 10.7. The number of anilines is 1. The fourth-order valence-corrected chi connectivity index (χ4v) is 3.67. The van der Waals surface area contributed by atoms with Crippen molar-refractivity contribution >= 4 is 34.3 Å². The molecule has 152 valence electrons. The van der Waals surface area contributed by atoms with E-state index < -0.39 is 6.29 Å². The van der Waals surface area contributed by atoms with Crippen LogP contribution in [0.15, 0.2) is 59.0 Å². The number of unbranched alkanes of at least 4 members (excludes halogenated alkanes) is 1. The Labute approximate surface area is 180 Å². The first kappa shape index (κ1) is 21.5. The molecule has 1 atom stereocenters. The van der Waals surface area contributed by atoms with E-state index in [4.69, 9.17) is 16.3 Å². The molecule has 0 fully saturated rings. The van der Waals surface area contributed by atoms with Crippen molar-refractivity contribution in [3.05, 3.63) is 70.1 Å². The largest absolute Gasteiger partial charge is 0.364 e. The van der Waals surface area contributed by atoms with Gasteiger partial charge in [0.05, 0.1) is 18.5 Å². The van der Waals surface area contributed by atoms with E-state index in [0.29, 0.717) is 17.2 Å². The quantitative estimate of drug-likeness (QED) is 0.204. The van der Waals surface area contributed by atoms with Gasteiger partial charge in [0, 0.05) is 34.1 Å². The molecule has 0 radical (unpaired) electrons. The van der Waals surface area contributed by atoms with Crippen LogP contribution in [0.25, 0.3) is 11.3 Å². The molecule has 0 saturated carbocycles. The van der Waals surface area contributed by atoms with Crippen LogP contribution >= 0.6 is 22.9 Å². The van der Waals surface area contributed by atoms with E-state index in [1.165, 1.54) is 11.3 Å². The first-order chi connectivity index (χ1) is 14.1. The van der Waals surface area contributed by atoms with Gasteiger partial charge in [-0.15, -0.1) is 11.3 Å². The van der Waals surface area contributed by atoms with Crippen LogP contribution in [0, 0.1) is 0 Å². The molecular formula is C22H24ClN3O2S. The summed E-state index contributed by atoms with van der Waals surface area (Å²) in [7, 11) is 1.84. The molecule has 2 aromatic carbocycles. The zero-order valence-electron chi connectivity index (χ0n) is 16.5. The highest BCUT2D eigenvalue weighted by Gasteiger charge is 2.13. The Morgan fingerprint density at radius 3 is 2.79 bits per heavy atom. The number of hydrazone groups is 1. The van der Waals surface area contributed by atoms with Gasteiger partial charge in [0.1, 0.15) is 0 Å². The molecule has 0 saturated heterocycles. The standard InChI is InChI=1S/C22H24ClN3O2S/c1-3-4-13-28-21(27)17-10-6-5-9-16(17)14-24-26(2)22-25-20(15-29-22)18-11-7-8-12-19(18)23/h5-12,14-15,21,27H,3-4,13H2,1-2H3/b24-14+. The van der Waals surface area contributed by atoms with E-state index in [1.807, 2.05) is 61.0 Å². The van der Waals surface area contributed by atoms with Crippen LogP contribution in [0.5, 0.6) is 0 Å². The third kappa shape index (κ3) is 5.64. The minimum atomic E-state index is -0.971. The highest BCUT2D eigenvalue weighted by molar-refractivity contribution is 7.14. The second-order valence-electron chi connectivity index (χ2n) is 6.47. The maximum Gasteiger partial charge on any atom is 0.206 e. The molecule has 0 bridgehead atoms. The molecule has 5 nitrogen and oxygen atoms in total. The van der Waals surface area contributed by atoms with Crippen molar-refractivity contribution in [3.8, 4) is 11.3 Å². The van der Waals surface area contributed by atoms with Gasteiger partial charge in [-0.05, 0) is 12.5 Å². The van der Waals surface area contributed by atoms with Crippen molar-refractivity contribution in [2.45, 2.75) is 26.1 Å². The number of aromatic nitrogens is 1. The Balaban J connectivity index is 1.73. The molecule has 29 heavy (non-hydrogen) atoms. The van der Waals surface area contributed by atoms with E-state index >= 15 is 0 Å². The lowest BCUT2D eigenvalue weighted by Gasteiger charge is -2.15. The number of halogens is 1. The van der Waals surface area contributed by atoms with Gasteiger partial charge in [-0.1, -0.05) is 67.4 Å². The van der Waals surface area contributed by atoms with Gasteiger partial charge in [-0.3, -0.25) is 0 Å². The molecule has 0 amide bonds. The zero-order valence-corrected chi connectivity index (χ0v) is 18.0. The number of ether oxygens (including phenoxy) is 1. The zero-order chi connectivity index (χ0) is 20.6. The molecule has 0 aliphatic carbocycles. The van der Waals surface area contributed by atoms with E-state index in [9.17, 15) is 5.11 Å². The van der Waals surface area contributed by atoms with E-state index in [0.717, 1.165) is 34.8 Å². The minimum absolute atomic E-state index is 0.521. The average Bonchev–Trinajstić information content (AvgIpc) is 3.23. The molecule has 1 unspecified atom stereocenters. The molecule has 7 heteroatoms. The number of thiazole rings is 1. The monoisotopic (exact) mass is 429 g/mol. The molecule has 1 N–H and O–H groups in total. The second-order valence-corrected chi connectivity index (χ2v) is 7.71. The number of hydrogen-bond acceptors (Lipinski definition) is 6. The van der Waals surface area contributed by atoms with Gasteiger partial charge >= 0.3 is 0 Å². The van der Waals surface area contributed by atoms with Gasteiger partial charge in [0.25, 0.3) is 0 Å². The van der Waals surface area contributed by atoms with Gasteiger partial charge in [-0.25, -0.2) is 9.99 Å². The van der Waals surface area contributed by atoms with Crippen molar-refractivity contribution in [2.24, 2.45) is 5.10 Å². The molecule has 0 spiro atoms. The van der Waals surface area contributed by atoms with Crippen LogP contribution < -0.4 is 5.01 Å². The van der Waals surface area contributed by atoms with Crippen LogP contribution in [0.2, 0.25) is 5.02 Å². The maximum absolute atomic E-state index is 10.3. The van der Waals surface area contributed by atoms with Gasteiger partial charge < -0.3 is 9.84 Å². The highest BCUT2D eigenvalue weighted by Crippen LogP contribution is 2.31.